The van der Waals surface area contributed by atoms with Gasteiger partial charge in [-0.2, -0.15) is 13.9 Å². The van der Waals surface area contributed by atoms with Gasteiger partial charge in [0.2, 0.25) is 0 Å². The van der Waals surface area contributed by atoms with Crippen LogP contribution in [0.2, 0.25) is 0 Å². The first kappa shape index (κ1) is 13.5. The van der Waals surface area contributed by atoms with Crippen molar-refractivity contribution < 1.29 is 22.4 Å². The number of carbonyl (C=O) groups is 1. The molecule has 0 saturated heterocycles. The number of hydrogen-bond acceptors (Lipinski definition) is 2. The van der Waals surface area contributed by atoms with Crippen molar-refractivity contribution in [2.75, 3.05) is 0 Å². The zero-order valence-electron chi connectivity index (χ0n) is 9.18. The van der Waals surface area contributed by atoms with Gasteiger partial charge in [-0.15, -0.1) is 0 Å². The van der Waals surface area contributed by atoms with E-state index in [-0.39, 0.29) is 6.54 Å². The first-order valence-corrected chi connectivity index (χ1v) is 4.68. The molecule has 0 aliphatic heterocycles. The number of rotatable bonds is 4. The van der Waals surface area contributed by atoms with E-state index in [0.717, 1.165) is 0 Å². The van der Waals surface area contributed by atoms with Crippen LogP contribution in [0.1, 0.15) is 11.3 Å². The summed E-state index contributed by atoms with van der Waals surface area (Å²) >= 11 is 0. The van der Waals surface area contributed by atoms with Crippen LogP contribution in [-0.4, -0.2) is 28.0 Å². The fourth-order valence-corrected chi connectivity index (χ4v) is 1.21. The first-order chi connectivity index (χ1) is 7.75. The van der Waals surface area contributed by atoms with Gasteiger partial charge >= 0.3 is 12.3 Å². The highest BCUT2D eigenvalue weighted by molar-refractivity contribution is 5.83. The Labute approximate surface area is 94.6 Å². The van der Waals surface area contributed by atoms with Gasteiger partial charge in [-0.1, -0.05) is 0 Å². The number of amides is 1. The number of hydrogen-bond donors (Lipinski definition) is 1. The molecule has 0 saturated carbocycles. The number of carbonyl (C=O) groups excluding carboxylic acids is 1. The molecule has 1 N–H and O–H groups in total. The Bertz CT molecular complexity index is 416. The molecular formula is C9H11F4N3O. The summed E-state index contributed by atoms with van der Waals surface area (Å²) in [5.41, 5.74) is 1.03. The average Bonchev–Trinajstić information content (AvgIpc) is 2.53. The molecule has 1 rings (SSSR count). The van der Waals surface area contributed by atoms with E-state index in [1.807, 2.05) is 0 Å². The van der Waals surface area contributed by atoms with Gasteiger partial charge in [0.25, 0.3) is 5.91 Å². The van der Waals surface area contributed by atoms with Crippen molar-refractivity contribution in [3.63, 3.8) is 0 Å². The van der Waals surface area contributed by atoms with Crippen molar-refractivity contribution in [2.24, 2.45) is 7.05 Å². The number of nitrogens with zero attached hydrogens (tertiary/aromatic N) is 2. The van der Waals surface area contributed by atoms with Crippen LogP contribution in [0.5, 0.6) is 0 Å². The van der Waals surface area contributed by atoms with Gasteiger partial charge in [0.15, 0.2) is 0 Å². The zero-order valence-corrected chi connectivity index (χ0v) is 9.18. The van der Waals surface area contributed by atoms with Crippen molar-refractivity contribution in [1.29, 1.82) is 0 Å². The molecule has 0 spiro atoms. The average molecular weight is 253 g/mol. The zero-order chi connectivity index (χ0) is 13.2. The van der Waals surface area contributed by atoms with E-state index in [9.17, 15) is 22.4 Å². The third-order valence-electron chi connectivity index (χ3n) is 2.13. The van der Waals surface area contributed by atoms with Crippen molar-refractivity contribution in [1.82, 2.24) is 15.1 Å². The number of alkyl halides is 4. The molecule has 1 aromatic rings. The minimum Gasteiger partial charge on any atom is -0.346 e. The van der Waals surface area contributed by atoms with Crippen molar-refractivity contribution in [3.05, 3.63) is 17.5 Å². The second-order valence-electron chi connectivity index (χ2n) is 3.52. The van der Waals surface area contributed by atoms with Crippen molar-refractivity contribution >= 4 is 5.91 Å². The molecule has 96 valence electrons. The molecule has 0 unspecified atom stereocenters. The van der Waals surface area contributed by atoms with Crippen molar-refractivity contribution in [3.8, 4) is 0 Å². The SMILES string of the molecule is Cc1nn(C)cc1CNC(=O)C(F)(F)C(F)F. The second kappa shape index (κ2) is 4.72. The maximum Gasteiger partial charge on any atom is 0.383 e. The molecule has 0 atom stereocenters. The fourth-order valence-electron chi connectivity index (χ4n) is 1.21. The quantitative estimate of drug-likeness (QED) is 0.821. The molecule has 0 aliphatic carbocycles. The van der Waals surface area contributed by atoms with Gasteiger partial charge in [0.1, 0.15) is 0 Å². The fraction of sp³-hybridized carbons (Fsp3) is 0.556. The summed E-state index contributed by atoms with van der Waals surface area (Å²) < 4.78 is 50.3. The van der Waals surface area contributed by atoms with Gasteiger partial charge in [0, 0.05) is 25.4 Å². The molecule has 1 heterocycles. The molecule has 4 nitrogen and oxygen atoms in total. The van der Waals surface area contributed by atoms with Crippen LogP contribution in [0.25, 0.3) is 0 Å². The minimum atomic E-state index is -4.67. The van der Waals surface area contributed by atoms with Crippen LogP contribution in [0.4, 0.5) is 17.6 Å². The van der Waals surface area contributed by atoms with Crippen molar-refractivity contribution in [2.45, 2.75) is 25.8 Å². The minimum absolute atomic E-state index is 0.263. The van der Waals surface area contributed by atoms with Gasteiger partial charge < -0.3 is 5.32 Å². The highest BCUT2D eigenvalue weighted by Gasteiger charge is 2.48. The third kappa shape index (κ3) is 2.95. The summed E-state index contributed by atoms with van der Waals surface area (Å²) in [6, 6.07) is 0. The van der Waals surface area contributed by atoms with Gasteiger partial charge in [-0.3, -0.25) is 9.48 Å². The summed E-state index contributed by atoms with van der Waals surface area (Å²) in [7, 11) is 1.62. The molecule has 0 radical (unpaired) electrons. The Morgan fingerprint density at radius 2 is 2.18 bits per heavy atom. The molecule has 8 heteroatoms. The third-order valence-corrected chi connectivity index (χ3v) is 2.13. The Kier molecular flexibility index (Phi) is 3.74. The lowest BCUT2D eigenvalue weighted by molar-refractivity contribution is -0.169. The van der Waals surface area contributed by atoms with Crippen LogP contribution in [-0.2, 0) is 18.4 Å². The number of aromatic nitrogens is 2. The van der Waals surface area contributed by atoms with E-state index < -0.39 is 18.3 Å². The molecule has 0 fully saturated rings. The highest BCUT2D eigenvalue weighted by atomic mass is 19.3. The molecule has 0 aromatic carbocycles. The van der Waals surface area contributed by atoms with Gasteiger partial charge in [-0.25, -0.2) is 8.78 Å². The summed E-state index contributed by atoms with van der Waals surface area (Å²) in [5, 5.41) is 5.67. The number of aryl methyl sites for hydroxylation is 2. The topological polar surface area (TPSA) is 46.9 Å². The van der Waals surface area contributed by atoms with E-state index in [4.69, 9.17) is 0 Å². The van der Waals surface area contributed by atoms with E-state index >= 15 is 0 Å². The monoisotopic (exact) mass is 253 g/mol. The van der Waals surface area contributed by atoms with Gasteiger partial charge in [0.05, 0.1) is 5.69 Å². The second-order valence-corrected chi connectivity index (χ2v) is 3.52. The summed E-state index contributed by atoms with van der Waals surface area (Å²) in [6.45, 7) is 1.35. The summed E-state index contributed by atoms with van der Waals surface area (Å²) in [4.78, 5) is 10.8. The maximum absolute atomic E-state index is 12.6. The maximum atomic E-state index is 12.6. The molecule has 0 aliphatic rings. The molecule has 1 amide bonds. The van der Waals surface area contributed by atoms with Crippen LogP contribution in [0, 0.1) is 6.92 Å². The lowest BCUT2D eigenvalue weighted by atomic mass is 10.2. The highest BCUT2D eigenvalue weighted by Crippen LogP contribution is 2.22. The van der Waals surface area contributed by atoms with Crippen LogP contribution < -0.4 is 5.32 Å². The standard InChI is InChI=1S/C9H11F4N3O/c1-5-6(4-16(2)15-5)3-14-8(17)9(12,13)7(10)11/h4,7H,3H2,1-2H3,(H,14,17). The Morgan fingerprint density at radius 3 is 2.59 bits per heavy atom. The molecule has 1 aromatic heterocycles. The largest absolute Gasteiger partial charge is 0.383 e. The smallest absolute Gasteiger partial charge is 0.346 e. The predicted octanol–water partition coefficient (Wildman–Crippen LogP) is 1.25. The number of halogens is 4. The lowest BCUT2D eigenvalue weighted by Crippen LogP contribution is -2.44. The van der Waals surface area contributed by atoms with E-state index in [2.05, 4.69) is 5.10 Å². The van der Waals surface area contributed by atoms with Crippen LogP contribution in [0.15, 0.2) is 6.20 Å². The summed E-state index contributed by atoms with van der Waals surface area (Å²) in [6.07, 6.45) is -2.51. The molecular weight excluding hydrogens is 242 g/mol. The number of nitrogens with one attached hydrogen (secondary N) is 1. The Morgan fingerprint density at radius 1 is 1.59 bits per heavy atom. The first-order valence-electron chi connectivity index (χ1n) is 4.68. The predicted molar refractivity (Wildman–Crippen MR) is 50.7 cm³/mol. The van der Waals surface area contributed by atoms with E-state index in [0.29, 0.717) is 11.3 Å². The Balaban J connectivity index is 2.63. The van der Waals surface area contributed by atoms with E-state index in [1.165, 1.54) is 10.9 Å². The normalized spacial score (nSPS) is 11.9. The summed E-state index contributed by atoms with van der Waals surface area (Å²) in [5.74, 6) is -6.66. The van der Waals surface area contributed by atoms with Gasteiger partial charge in [-0.05, 0) is 6.92 Å². The van der Waals surface area contributed by atoms with Crippen LogP contribution in [0.3, 0.4) is 0 Å². The van der Waals surface area contributed by atoms with E-state index in [1.54, 1.807) is 19.3 Å². The lowest BCUT2D eigenvalue weighted by Gasteiger charge is -2.14. The molecule has 0 bridgehead atoms. The van der Waals surface area contributed by atoms with Crippen LogP contribution >= 0.6 is 0 Å². The molecule has 17 heavy (non-hydrogen) atoms. The Hall–Kier alpha value is -1.60.